The number of anilines is 1. The summed E-state index contributed by atoms with van der Waals surface area (Å²) in [5.74, 6) is 0.379. The molecule has 6 nitrogen and oxygen atoms in total. The highest BCUT2D eigenvalue weighted by Crippen LogP contribution is 2.41. The van der Waals surface area contributed by atoms with E-state index in [1.54, 1.807) is 26.2 Å². The van der Waals surface area contributed by atoms with Crippen molar-refractivity contribution in [2.45, 2.75) is 25.7 Å². The van der Waals surface area contributed by atoms with Crippen molar-refractivity contribution < 1.29 is 22.7 Å². The number of carbonyl (C=O) groups is 1. The van der Waals surface area contributed by atoms with E-state index in [9.17, 15) is 13.2 Å². The van der Waals surface area contributed by atoms with Gasteiger partial charge in [-0.3, -0.25) is 9.10 Å². The average Bonchev–Trinajstić information content (AvgIpc) is 2.83. The van der Waals surface area contributed by atoms with Crippen LogP contribution in [0, 0.1) is 0 Å². The number of sulfonamides is 1. The fraction of sp³-hybridized carbons (Fsp3) is 0.533. The molecule has 0 fully saturated rings. The molecule has 1 heterocycles. The lowest BCUT2D eigenvalue weighted by atomic mass is 9.96. The third-order valence-electron chi connectivity index (χ3n) is 3.73. The van der Waals surface area contributed by atoms with Crippen LogP contribution in [0.4, 0.5) is 5.69 Å². The Morgan fingerprint density at radius 3 is 2.73 bits per heavy atom. The second-order valence-corrected chi connectivity index (χ2v) is 7.17. The molecule has 0 bridgehead atoms. The Morgan fingerprint density at radius 1 is 1.41 bits per heavy atom. The molecular formula is C15H21NO5S. The van der Waals surface area contributed by atoms with E-state index in [2.05, 4.69) is 0 Å². The van der Waals surface area contributed by atoms with Crippen LogP contribution in [-0.4, -0.2) is 40.9 Å². The van der Waals surface area contributed by atoms with Crippen molar-refractivity contribution in [2.24, 2.45) is 0 Å². The molecule has 0 spiro atoms. The zero-order chi connectivity index (χ0) is 16.3. The van der Waals surface area contributed by atoms with Crippen molar-refractivity contribution in [1.29, 1.82) is 0 Å². The van der Waals surface area contributed by atoms with E-state index in [1.165, 1.54) is 10.6 Å². The number of methoxy groups -OCH3 is 1. The SMILES string of the molecule is CCOC(=O)CCC1CN(S(C)(=O)=O)c2ccc(OC)cc21. The molecule has 0 radical (unpaired) electrons. The first-order chi connectivity index (χ1) is 10.4. The predicted octanol–water partition coefficient (Wildman–Crippen LogP) is 1.90. The summed E-state index contributed by atoms with van der Waals surface area (Å²) < 4.78 is 35.4. The molecule has 1 aliphatic heterocycles. The van der Waals surface area contributed by atoms with Gasteiger partial charge in [-0.25, -0.2) is 8.42 Å². The standard InChI is InChI=1S/C15H21NO5S/c1-4-21-15(17)8-5-11-10-16(22(3,18)19)14-7-6-12(20-2)9-13(11)14/h6-7,9,11H,4-5,8,10H2,1-3H3. The van der Waals surface area contributed by atoms with Gasteiger partial charge in [0, 0.05) is 18.9 Å². The van der Waals surface area contributed by atoms with Gasteiger partial charge < -0.3 is 9.47 Å². The fourth-order valence-corrected chi connectivity index (χ4v) is 3.67. The minimum absolute atomic E-state index is 0.0377. The van der Waals surface area contributed by atoms with Gasteiger partial charge in [-0.15, -0.1) is 0 Å². The maximum Gasteiger partial charge on any atom is 0.305 e. The molecule has 1 aromatic rings. The van der Waals surface area contributed by atoms with Gasteiger partial charge in [0.05, 0.1) is 25.7 Å². The number of benzene rings is 1. The number of carbonyl (C=O) groups excluding carboxylic acids is 1. The molecule has 0 amide bonds. The van der Waals surface area contributed by atoms with Crippen LogP contribution in [-0.2, 0) is 19.6 Å². The van der Waals surface area contributed by atoms with Crippen LogP contribution in [0.15, 0.2) is 18.2 Å². The Kier molecular flexibility index (Phi) is 4.95. The van der Waals surface area contributed by atoms with Gasteiger partial charge in [0.2, 0.25) is 10.0 Å². The second-order valence-electron chi connectivity index (χ2n) is 5.26. The maximum absolute atomic E-state index is 11.9. The van der Waals surface area contributed by atoms with E-state index in [4.69, 9.17) is 9.47 Å². The van der Waals surface area contributed by atoms with Gasteiger partial charge in [-0.2, -0.15) is 0 Å². The van der Waals surface area contributed by atoms with Crippen LogP contribution in [0.25, 0.3) is 0 Å². The summed E-state index contributed by atoms with van der Waals surface area (Å²) in [6, 6.07) is 5.33. The van der Waals surface area contributed by atoms with Crippen LogP contribution >= 0.6 is 0 Å². The van der Waals surface area contributed by atoms with Crippen LogP contribution in [0.1, 0.15) is 31.2 Å². The lowest BCUT2D eigenvalue weighted by Gasteiger charge is -2.17. The van der Waals surface area contributed by atoms with E-state index in [0.29, 0.717) is 31.0 Å². The molecule has 1 aliphatic rings. The lowest BCUT2D eigenvalue weighted by Crippen LogP contribution is -2.28. The van der Waals surface area contributed by atoms with Crippen LogP contribution in [0.5, 0.6) is 5.75 Å². The Morgan fingerprint density at radius 2 is 2.14 bits per heavy atom. The first kappa shape index (κ1) is 16.6. The highest BCUT2D eigenvalue weighted by Gasteiger charge is 2.34. The number of ether oxygens (including phenoxy) is 2. The molecular weight excluding hydrogens is 306 g/mol. The van der Waals surface area contributed by atoms with Gasteiger partial charge in [0.1, 0.15) is 5.75 Å². The molecule has 0 saturated carbocycles. The van der Waals surface area contributed by atoms with E-state index in [0.717, 1.165) is 5.56 Å². The number of rotatable bonds is 6. The van der Waals surface area contributed by atoms with Crippen LogP contribution in [0.3, 0.4) is 0 Å². The summed E-state index contributed by atoms with van der Waals surface area (Å²) in [4.78, 5) is 11.5. The Labute approximate surface area is 131 Å². The number of esters is 1. The van der Waals surface area contributed by atoms with Crippen molar-refractivity contribution in [1.82, 2.24) is 0 Å². The molecule has 1 aromatic carbocycles. The topological polar surface area (TPSA) is 72.9 Å². The Balaban J connectivity index is 2.25. The number of hydrogen-bond donors (Lipinski definition) is 0. The fourth-order valence-electron chi connectivity index (χ4n) is 2.70. The van der Waals surface area contributed by atoms with Gasteiger partial charge in [-0.1, -0.05) is 0 Å². The molecule has 2 rings (SSSR count). The number of fused-ring (bicyclic) bond motifs is 1. The third-order valence-corrected chi connectivity index (χ3v) is 4.88. The van der Waals surface area contributed by atoms with Gasteiger partial charge >= 0.3 is 5.97 Å². The maximum atomic E-state index is 11.9. The monoisotopic (exact) mass is 327 g/mol. The minimum atomic E-state index is -3.34. The van der Waals surface area contributed by atoms with E-state index < -0.39 is 10.0 Å². The van der Waals surface area contributed by atoms with Crippen molar-refractivity contribution in [3.63, 3.8) is 0 Å². The molecule has 1 unspecified atom stereocenters. The lowest BCUT2D eigenvalue weighted by molar-refractivity contribution is -0.143. The predicted molar refractivity (Wildman–Crippen MR) is 83.8 cm³/mol. The summed E-state index contributed by atoms with van der Waals surface area (Å²) in [6.45, 7) is 2.46. The normalized spacial score (nSPS) is 17.2. The molecule has 0 aromatic heterocycles. The van der Waals surface area contributed by atoms with Crippen molar-refractivity contribution in [2.75, 3.05) is 30.8 Å². The zero-order valence-electron chi connectivity index (χ0n) is 13.0. The van der Waals surface area contributed by atoms with Crippen molar-refractivity contribution >= 4 is 21.7 Å². The van der Waals surface area contributed by atoms with E-state index in [1.807, 2.05) is 6.07 Å². The molecule has 122 valence electrons. The number of nitrogens with zero attached hydrogens (tertiary/aromatic N) is 1. The van der Waals surface area contributed by atoms with Gasteiger partial charge in [0.25, 0.3) is 0 Å². The zero-order valence-corrected chi connectivity index (χ0v) is 13.9. The number of hydrogen-bond acceptors (Lipinski definition) is 5. The molecule has 0 aliphatic carbocycles. The van der Waals surface area contributed by atoms with Gasteiger partial charge in [0.15, 0.2) is 0 Å². The summed E-state index contributed by atoms with van der Waals surface area (Å²) in [5.41, 5.74) is 1.56. The smallest absolute Gasteiger partial charge is 0.305 e. The van der Waals surface area contributed by atoms with Crippen LogP contribution < -0.4 is 9.04 Å². The second kappa shape index (κ2) is 6.56. The Hall–Kier alpha value is -1.76. The molecule has 7 heteroatoms. The highest BCUT2D eigenvalue weighted by molar-refractivity contribution is 7.92. The molecule has 1 atom stereocenters. The Bertz CT molecular complexity index is 656. The molecule has 0 saturated heterocycles. The summed E-state index contributed by atoms with van der Waals surface area (Å²) >= 11 is 0. The summed E-state index contributed by atoms with van der Waals surface area (Å²) in [7, 11) is -1.77. The largest absolute Gasteiger partial charge is 0.497 e. The third kappa shape index (κ3) is 3.52. The highest BCUT2D eigenvalue weighted by atomic mass is 32.2. The van der Waals surface area contributed by atoms with Crippen molar-refractivity contribution in [3.8, 4) is 5.75 Å². The van der Waals surface area contributed by atoms with Gasteiger partial charge in [-0.05, 0) is 37.1 Å². The van der Waals surface area contributed by atoms with E-state index >= 15 is 0 Å². The van der Waals surface area contributed by atoms with Crippen LogP contribution in [0.2, 0.25) is 0 Å². The van der Waals surface area contributed by atoms with E-state index in [-0.39, 0.29) is 18.3 Å². The first-order valence-electron chi connectivity index (χ1n) is 7.18. The summed E-state index contributed by atoms with van der Waals surface area (Å²) in [6.07, 6.45) is 2.01. The quantitative estimate of drug-likeness (QED) is 0.746. The molecule has 0 N–H and O–H groups in total. The minimum Gasteiger partial charge on any atom is -0.497 e. The summed E-state index contributed by atoms with van der Waals surface area (Å²) in [5, 5.41) is 0. The molecule has 22 heavy (non-hydrogen) atoms. The average molecular weight is 327 g/mol. The first-order valence-corrected chi connectivity index (χ1v) is 9.03. The van der Waals surface area contributed by atoms with Crippen molar-refractivity contribution in [3.05, 3.63) is 23.8 Å².